The van der Waals surface area contributed by atoms with Crippen LogP contribution in [-0.4, -0.2) is 24.1 Å². The van der Waals surface area contributed by atoms with Gasteiger partial charge < -0.3 is 21.0 Å². The van der Waals surface area contributed by atoms with Gasteiger partial charge in [-0.2, -0.15) is 0 Å². The lowest BCUT2D eigenvalue weighted by atomic mass is 9.83. The lowest BCUT2D eigenvalue weighted by Gasteiger charge is -2.26. The Labute approximate surface area is 124 Å². The highest BCUT2D eigenvalue weighted by atomic mass is 16.5. The Balaban J connectivity index is 2.24. The number of nitrogens with zero attached hydrogens (tertiary/aromatic N) is 1. The van der Waals surface area contributed by atoms with Gasteiger partial charge in [-0.3, -0.25) is 4.79 Å². The van der Waals surface area contributed by atoms with Gasteiger partial charge in [0.1, 0.15) is 5.41 Å². The molecule has 1 saturated carbocycles. The number of methoxy groups -OCH3 is 1. The van der Waals surface area contributed by atoms with Gasteiger partial charge in [-0.25, -0.2) is 0 Å². The van der Waals surface area contributed by atoms with Gasteiger partial charge in [0.2, 0.25) is 5.91 Å². The van der Waals surface area contributed by atoms with E-state index in [0.29, 0.717) is 25.1 Å². The van der Waals surface area contributed by atoms with Crippen molar-refractivity contribution in [2.45, 2.75) is 32.3 Å². The third-order valence-electron chi connectivity index (χ3n) is 4.06. The van der Waals surface area contributed by atoms with E-state index in [1.54, 1.807) is 7.11 Å². The molecule has 1 fully saturated rings. The molecule has 1 aliphatic rings. The van der Waals surface area contributed by atoms with E-state index in [1.165, 1.54) is 0 Å². The third-order valence-corrected chi connectivity index (χ3v) is 4.06. The first kappa shape index (κ1) is 15.3. The highest BCUT2D eigenvalue weighted by molar-refractivity contribution is 6.12. The van der Waals surface area contributed by atoms with E-state index in [0.717, 1.165) is 18.4 Å². The molecule has 0 bridgehead atoms. The van der Waals surface area contributed by atoms with Crippen molar-refractivity contribution in [1.82, 2.24) is 0 Å². The number of amidine groups is 1. The van der Waals surface area contributed by atoms with Crippen molar-refractivity contribution in [3.8, 4) is 0 Å². The average molecular weight is 291 g/mol. The summed E-state index contributed by atoms with van der Waals surface area (Å²) < 4.78 is 5.13. The molecule has 0 heterocycles. The number of carbonyl (C=O) groups excluding carboxylic acids is 1. The first-order valence-corrected chi connectivity index (χ1v) is 7.00. The molecule has 6 heteroatoms. The predicted molar refractivity (Wildman–Crippen MR) is 80.1 cm³/mol. The van der Waals surface area contributed by atoms with E-state index in [4.69, 9.17) is 15.7 Å². The zero-order valence-corrected chi connectivity index (χ0v) is 12.1. The Kier molecular flexibility index (Phi) is 4.80. The molecule has 114 valence electrons. The molecular formula is C15H21N3O3. The molecule has 0 atom stereocenters. The fraction of sp³-hybridized carbons (Fsp3) is 0.467. The second-order valence-electron chi connectivity index (χ2n) is 5.32. The van der Waals surface area contributed by atoms with Crippen LogP contribution in [0, 0.1) is 5.41 Å². The van der Waals surface area contributed by atoms with Gasteiger partial charge in [-0.05, 0) is 18.9 Å². The molecular weight excluding hydrogens is 270 g/mol. The maximum absolute atomic E-state index is 12.7. The fourth-order valence-electron chi connectivity index (χ4n) is 2.84. The van der Waals surface area contributed by atoms with Crippen LogP contribution in [0.1, 0.15) is 31.2 Å². The molecule has 0 saturated heterocycles. The van der Waals surface area contributed by atoms with E-state index >= 15 is 0 Å². The zero-order chi connectivity index (χ0) is 15.3. The Hall–Kier alpha value is -2.08. The molecule has 0 unspecified atom stereocenters. The highest BCUT2D eigenvalue weighted by Gasteiger charge is 2.45. The molecule has 0 radical (unpaired) electrons. The minimum atomic E-state index is -0.908. The van der Waals surface area contributed by atoms with E-state index in [-0.39, 0.29) is 11.7 Å². The average Bonchev–Trinajstić information content (AvgIpc) is 2.99. The van der Waals surface area contributed by atoms with Crippen molar-refractivity contribution in [1.29, 1.82) is 0 Å². The van der Waals surface area contributed by atoms with Crippen LogP contribution >= 0.6 is 0 Å². The summed E-state index contributed by atoms with van der Waals surface area (Å²) in [7, 11) is 1.60. The maximum atomic E-state index is 12.7. The third kappa shape index (κ3) is 3.00. The molecule has 4 N–H and O–H groups in total. The zero-order valence-electron chi connectivity index (χ0n) is 12.1. The Morgan fingerprint density at radius 1 is 1.43 bits per heavy atom. The van der Waals surface area contributed by atoms with Crippen molar-refractivity contribution in [3.05, 3.63) is 29.8 Å². The molecule has 21 heavy (non-hydrogen) atoms. The summed E-state index contributed by atoms with van der Waals surface area (Å²) in [6, 6.07) is 7.45. The van der Waals surface area contributed by atoms with E-state index in [1.807, 2.05) is 24.3 Å². The fourth-order valence-corrected chi connectivity index (χ4v) is 2.84. The summed E-state index contributed by atoms with van der Waals surface area (Å²) in [6.07, 6.45) is 2.98. The number of benzene rings is 1. The maximum Gasteiger partial charge on any atom is 0.238 e. The Morgan fingerprint density at radius 3 is 2.71 bits per heavy atom. The number of ether oxygens (including phenoxy) is 1. The topological polar surface area (TPSA) is 96.9 Å². The molecule has 1 aromatic carbocycles. The standard InChI is InChI=1S/C15H21N3O3/c1-21-10-11-6-2-3-7-12(11)17-14(19)15(13(16)18-20)8-4-5-9-15/h2-3,6-7,20H,4-5,8-10H2,1H3,(H2,16,18)(H,17,19). The van der Waals surface area contributed by atoms with Crippen LogP contribution in [0.3, 0.4) is 0 Å². The predicted octanol–water partition coefficient (Wildman–Crippen LogP) is 2.08. The number of nitrogens with one attached hydrogen (secondary N) is 1. The Morgan fingerprint density at radius 2 is 2.10 bits per heavy atom. The number of hydrogen-bond acceptors (Lipinski definition) is 4. The van der Waals surface area contributed by atoms with Crippen LogP contribution < -0.4 is 11.1 Å². The van der Waals surface area contributed by atoms with Crippen LogP contribution in [0.4, 0.5) is 5.69 Å². The highest BCUT2D eigenvalue weighted by Crippen LogP contribution is 2.39. The van der Waals surface area contributed by atoms with Crippen LogP contribution in [0.5, 0.6) is 0 Å². The van der Waals surface area contributed by atoms with Crippen molar-refractivity contribution in [2.24, 2.45) is 16.3 Å². The molecule has 1 aromatic rings. The van der Waals surface area contributed by atoms with Gasteiger partial charge in [0.15, 0.2) is 5.84 Å². The number of para-hydroxylation sites is 1. The van der Waals surface area contributed by atoms with Gasteiger partial charge >= 0.3 is 0 Å². The van der Waals surface area contributed by atoms with Gasteiger partial charge in [0.25, 0.3) is 0 Å². The van der Waals surface area contributed by atoms with Crippen molar-refractivity contribution < 1.29 is 14.7 Å². The SMILES string of the molecule is COCc1ccccc1NC(=O)C1(C(N)=NO)CCCC1. The largest absolute Gasteiger partial charge is 0.409 e. The molecule has 6 nitrogen and oxygen atoms in total. The van der Waals surface area contributed by atoms with E-state index in [9.17, 15) is 4.79 Å². The van der Waals surface area contributed by atoms with Crippen molar-refractivity contribution in [2.75, 3.05) is 12.4 Å². The van der Waals surface area contributed by atoms with Crippen molar-refractivity contribution in [3.63, 3.8) is 0 Å². The normalized spacial score (nSPS) is 17.7. The summed E-state index contributed by atoms with van der Waals surface area (Å²) >= 11 is 0. The minimum absolute atomic E-state index is 0.0123. The quantitative estimate of drug-likeness (QED) is 0.335. The summed E-state index contributed by atoms with van der Waals surface area (Å²) in [4.78, 5) is 12.7. The number of nitrogens with two attached hydrogens (primary N) is 1. The summed E-state index contributed by atoms with van der Waals surface area (Å²) in [5, 5.41) is 15.0. The van der Waals surface area contributed by atoms with Gasteiger partial charge in [-0.1, -0.05) is 36.2 Å². The number of carbonyl (C=O) groups is 1. The molecule has 1 aliphatic carbocycles. The number of oxime groups is 1. The van der Waals surface area contributed by atoms with E-state index < -0.39 is 5.41 Å². The second-order valence-corrected chi connectivity index (χ2v) is 5.32. The number of amides is 1. The molecule has 1 amide bonds. The lowest BCUT2D eigenvalue weighted by molar-refractivity contribution is -0.122. The minimum Gasteiger partial charge on any atom is -0.409 e. The van der Waals surface area contributed by atoms with Crippen LogP contribution in [0.15, 0.2) is 29.4 Å². The van der Waals surface area contributed by atoms with Gasteiger partial charge in [-0.15, -0.1) is 0 Å². The molecule has 0 aromatic heterocycles. The second kappa shape index (κ2) is 6.58. The van der Waals surface area contributed by atoms with Crippen LogP contribution in [0.2, 0.25) is 0 Å². The first-order chi connectivity index (χ1) is 10.1. The van der Waals surface area contributed by atoms with Gasteiger partial charge in [0.05, 0.1) is 6.61 Å². The number of rotatable bonds is 5. The Bertz CT molecular complexity index is 537. The van der Waals surface area contributed by atoms with Crippen molar-refractivity contribution >= 4 is 17.4 Å². The molecule has 0 spiro atoms. The lowest BCUT2D eigenvalue weighted by Crippen LogP contribution is -2.45. The van der Waals surface area contributed by atoms with E-state index in [2.05, 4.69) is 10.5 Å². The smallest absolute Gasteiger partial charge is 0.238 e. The molecule has 0 aliphatic heterocycles. The summed E-state index contributed by atoms with van der Waals surface area (Å²) in [5.41, 5.74) is 6.46. The first-order valence-electron chi connectivity index (χ1n) is 7.00. The summed E-state index contributed by atoms with van der Waals surface area (Å²) in [5.74, 6) is -0.236. The monoisotopic (exact) mass is 291 g/mol. The summed E-state index contributed by atoms with van der Waals surface area (Å²) in [6.45, 7) is 0.410. The molecule has 2 rings (SSSR count). The number of anilines is 1. The number of hydrogen-bond donors (Lipinski definition) is 3. The van der Waals surface area contributed by atoms with Crippen LogP contribution in [-0.2, 0) is 16.1 Å². The van der Waals surface area contributed by atoms with Gasteiger partial charge in [0, 0.05) is 18.4 Å². The van der Waals surface area contributed by atoms with Crippen LogP contribution in [0.25, 0.3) is 0 Å².